The summed E-state index contributed by atoms with van der Waals surface area (Å²) in [6.45, 7) is 4.58. The summed E-state index contributed by atoms with van der Waals surface area (Å²) in [5.74, 6) is 1.30. The summed E-state index contributed by atoms with van der Waals surface area (Å²) in [6.07, 6.45) is 0.741. The molecule has 136 valence electrons. The molecule has 25 heavy (non-hydrogen) atoms. The number of nitrogens with one attached hydrogen (secondary N) is 2. The van der Waals surface area contributed by atoms with Crippen molar-refractivity contribution in [2.45, 2.75) is 26.4 Å². The molecule has 0 fully saturated rings. The molecule has 0 aliphatic carbocycles. The van der Waals surface area contributed by atoms with Crippen molar-refractivity contribution in [3.8, 4) is 5.75 Å². The van der Waals surface area contributed by atoms with E-state index in [0.717, 1.165) is 11.4 Å². The summed E-state index contributed by atoms with van der Waals surface area (Å²) in [5, 5.41) is 6.38. The topological polar surface area (TPSA) is 45.7 Å². The Hall–Kier alpha value is -1.83. The molecule has 2 rings (SSSR count). The normalized spacial score (nSPS) is 11.0. The van der Waals surface area contributed by atoms with Crippen molar-refractivity contribution in [2.75, 3.05) is 18.9 Å². The maximum Gasteiger partial charge on any atom is 0.195 e. The predicted octanol–water partition coefficient (Wildman–Crippen LogP) is 4.46. The van der Waals surface area contributed by atoms with Crippen LogP contribution in [0.2, 0.25) is 0 Å². The molecule has 0 heterocycles. The van der Waals surface area contributed by atoms with E-state index >= 15 is 0 Å². The maximum atomic E-state index is 13.6. The van der Waals surface area contributed by atoms with E-state index in [1.165, 1.54) is 6.07 Å². The number of ether oxygens (including phenoxy) is 1. The number of benzene rings is 2. The zero-order valence-electron chi connectivity index (χ0n) is 14.8. The minimum Gasteiger partial charge on any atom is -0.491 e. The molecule has 0 saturated carbocycles. The van der Waals surface area contributed by atoms with Crippen LogP contribution in [0.5, 0.6) is 5.75 Å². The third kappa shape index (κ3) is 7.29. The van der Waals surface area contributed by atoms with Gasteiger partial charge in [-0.05, 0) is 56.2 Å². The highest BCUT2D eigenvalue weighted by atomic mass is 127. The smallest absolute Gasteiger partial charge is 0.195 e. The van der Waals surface area contributed by atoms with Crippen LogP contribution in [0.25, 0.3) is 0 Å². The van der Waals surface area contributed by atoms with Gasteiger partial charge < -0.3 is 15.4 Å². The Morgan fingerprint density at radius 3 is 2.40 bits per heavy atom. The zero-order valence-corrected chi connectivity index (χ0v) is 17.1. The van der Waals surface area contributed by atoms with E-state index in [9.17, 15) is 4.39 Å². The number of nitrogens with zero attached hydrogens (tertiary/aromatic N) is 1. The van der Waals surface area contributed by atoms with Gasteiger partial charge in [-0.2, -0.15) is 0 Å². The first-order chi connectivity index (χ1) is 11.6. The molecule has 0 spiro atoms. The van der Waals surface area contributed by atoms with E-state index in [-0.39, 0.29) is 35.9 Å². The monoisotopic (exact) mass is 457 g/mol. The molecular weight excluding hydrogens is 432 g/mol. The van der Waals surface area contributed by atoms with Crippen LogP contribution in [0, 0.1) is 5.82 Å². The van der Waals surface area contributed by atoms with Gasteiger partial charge in [0.1, 0.15) is 11.6 Å². The Morgan fingerprint density at radius 1 is 1.12 bits per heavy atom. The van der Waals surface area contributed by atoms with E-state index in [1.807, 2.05) is 44.2 Å². The fourth-order valence-corrected chi connectivity index (χ4v) is 2.22. The van der Waals surface area contributed by atoms with Crippen LogP contribution >= 0.6 is 24.0 Å². The second-order valence-corrected chi connectivity index (χ2v) is 5.66. The second-order valence-electron chi connectivity index (χ2n) is 5.66. The van der Waals surface area contributed by atoms with Gasteiger partial charge in [-0.3, -0.25) is 4.99 Å². The van der Waals surface area contributed by atoms with E-state index in [1.54, 1.807) is 19.2 Å². The third-order valence-electron chi connectivity index (χ3n) is 3.36. The van der Waals surface area contributed by atoms with Gasteiger partial charge in [0.15, 0.2) is 5.96 Å². The molecule has 0 aliphatic rings. The average Bonchev–Trinajstić information content (AvgIpc) is 2.57. The minimum absolute atomic E-state index is 0. The SMILES string of the molecule is CN=C(NCCc1ccccc1F)Nc1ccc(OC(C)C)cc1.I. The summed E-state index contributed by atoms with van der Waals surface area (Å²) in [5.41, 5.74) is 1.60. The minimum atomic E-state index is -0.178. The van der Waals surface area contributed by atoms with Crippen molar-refractivity contribution in [2.24, 2.45) is 4.99 Å². The Labute approximate surface area is 165 Å². The Kier molecular flexibility index (Phi) is 9.26. The van der Waals surface area contributed by atoms with Crippen LogP contribution in [-0.2, 0) is 6.42 Å². The Balaban J connectivity index is 0.00000312. The number of aliphatic imine (C=N–C) groups is 1. The number of halogens is 2. The highest BCUT2D eigenvalue weighted by molar-refractivity contribution is 14.0. The molecule has 2 N–H and O–H groups in total. The number of hydrogen-bond donors (Lipinski definition) is 2. The molecule has 6 heteroatoms. The van der Waals surface area contributed by atoms with E-state index in [0.29, 0.717) is 24.5 Å². The van der Waals surface area contributed by atoms with Gasteiger partial charge in [-0.15, -0.1) is 24.0 Å². The van der Waals surface area contributed by atoms with Crippen LogP contribution in [0.4, 0.5) is 10.1 Å². The molecule has 0 aliphatic heterocycles. The second kappa shape index (κ2) is 10.9. The predicted molar refractivity (Wildman–Crippen MR) is 113 cm³/mol. The molecule has 0 aromatic heterocycles. The molecule has 0 amide bonds. The van der Waals surface area contributed by atoms with Crippen LogP contribution < -0.4 is 15.4 Å². The summed E-state index contributed by atoms with van der Waals surface area (Å²) in [7, 11) is 1.70. The highest BCUT2D eigenvalue weighted by Gasteiger charge is 2.03. The van der Waals surface area contributed by atoms with Gasteiger partial charge in [0, 0.05) is 19.3 Å². The molecule has 0 bridgehead atoms. The lowest BCUT2D eigenvalue weighted by molar-refractivity contribution is 0.242. The summed E-state index contributed by atoms with van der Waals surface area (Å²) in [4.78, 5) is 4.18. The van der Waals surface area contributed by atoms with Crippen LogP contribution in [0.1, 0.15) is 19.4 Å². The summed E-state index contributed by atoms with van der Waals surface area (Å²) in [6, 6.07) is 14.5. The molecule has 2 aromatic rings. The van der Waals surface area contributed by atoms with Gasteiger partial charge in [0.05, 0.1) is 6.10 Å². The summed E-state index contributed by atoms with van der Waals surface area (Å²) < 4.78 is 19.2. The van der Waals surface area contributed by atoms with E-state index in [4.69, 9.17) is 4.74 Å². The molecular formula is C19H25FIN3O. The zero-order chi connectivity index (χ0) is 17.4. The van der Waals surface area contributed by atoms with Crippen molar-refractivity contribution >= 4 is 35.6 Å². The fraction of sp³-hybridized carbons (Fsp3) is 0.316. The van der Waals surface area contributed by atoms with Crippen LogP contribution in [-0.4, -0.2) is 25.7 Å². The van der Waals surface area contributed by atoms with Gasteiger partial charge in [0.2, 0.25) is 0 Å². The fourth-order valence-electron chi connectivity index (χ4n) is 2.22. The molecule has 0 saturated heterocycles. The lowest BCUT2D eigenvalue weighted by Crippen LogP contribution is -2.32. The molecule has 0 atom stereocenters. The molecule has 0 unspecified atom stereocenters. The van der Waals surface area contributed by atoms with Crippen molar-refractivity contribution in [1.82, 2.24) is 5.32 Å². The first-order valence-electron chi connectivity index (χ1n) is 8.06. The highest BCUT2D eigenvalue weighted by Crippen LogP contribution is 2.16. The standard InChI is InChI=1S/C19H24FN3O.HI/c1-14(2)24-17-10-8-16(9-11-17)23-19(21-3)22-13-12-15-6-4-5-7-18(15)20;/h4-11,14H,12-13H2,1-3H3,(H2,21,22,23);1H. The first kappa shape index (κ1) is 21.2. The van der Waals surface area contributed by atoms with Crippen molar-refractivity contribution < 1.29 is 9.13 Å². The largest absolute Gasteiger partial charge is 0.491 e. The molecule has 2 aromatic carbocycles. The van der Waals surface area contributed by atoms with Gasteiger partial charge in [0.25, 0.3) is 0 Å². The molecule has 4 nitrogen and oxygen atoms in total. The Morgan fingerprint density at radius 2 is 1.80 bits per heavy atom. The molecule has 0 radical (unpaired) electrons. The first-order valence-corrected chi connectivity index (χ1v) is 8.06. The van der Waals surface area contributed by atoms with Gasteiger partial charge >= 0.3 is 0 Å². The summed E-state index contributed by atoms with van der Waals surface area (Å²) >= 11 is 0. The van der Waals surface area contributed by atoms with E-state index in [2.05, 4.69) is 15.6 Å². The number of hydrogen-bond acceptors (Lipinski definition) is 2. The van der Waals surface area contributed by atoms with Gasteiger partial charge in [-0.25, -0.2) is 4.39 Å². The average molecular weight is 457 g/mol. The van der Waals surface area contributed by atoms with Crippen molar-refractivity contribution in [1.29, 1.82) is 0 Å². The number of anilines is 1. The maximum absolute atomic E-state index is 13.6. The van der Waals surface area contributed by atoms with Crippen molar-refractivity contribution in [3.05, 3.63) is 59.9 Å². The number of rotatable bonds is 6. The van der Waals surface area contributed by atoms with Crippen LogP contribution in [0.3, 0.4) is 0 Å². The quantitative estimate of drug-likeness (QED) is 0.383. The number of guanidine groups is 1. The Bertz CT molecular complexity index is 675. The lowest BCUT2D eigenvalue weighted by atomic mass is 10.1. The third-order valence-corrected chi connectivity index (χ3v) is 3.36. The van der Waals surface area contributed by atoms with E-state index < -0.39 is 0 Å². The van der Waals surface area contributed by atoms with Crippen molar-refractivity contribution in [3.63, 3.8) is 0 Å². The van der Waals surface area contributed by atoms with Gasteiger partial charge in [-0.1, -0.05) is 18.2 Å². The lowest BCUT2D eigenvalue weighted by Gasteiger charge is -2.13. The van der Waals surface area contributed by atoms with Crippen LogP contribution in [0.15, 0.2) is 53.5 Å².